The molecule has 168 valence electrons. The summed E-state index contributed by atoms with van der Waals surface area (Å²) in [6, 6.07) is 9.61. The number of hydrogen-bond donors (Lipinski definition) is 2. The average Bonchev–Trinajstić information content (AvgIpc) is 3.38. The second-order valence-corrected chi connectivity index (χ2v) is 9.09. The Hall–Kier alpha value is -3.77. The predicted octanol–water partition coefficient (Wildman–Crippen LogP) is 4.38. The lowest BCUT2D eigenvalue weighted by Crippen LogP contribution is -2.46. The van der Waals surface area contributed by atoms with Gasteiger partial charge in [0.25, 0.3) is 0 Å². The number of nitrogens with zero attached hydrogens (tertiary/aromatic N) is 6. The first kappa shape index (κ1) is 21.1. The molecule has 0 unspecified atom stereocenters. The molecule has 0 bridgehead atoms. The minimum absolute atomic E-state index is 0.0658. The van der Waals surface area contributed by atoms with Crippen LogP contribution in [0.3, 0.4) is 0 Å². The number of nitrogens with one attached hydrogen (secondary N) is 2. The Bertz CT molecular complexity index is 1380. The van der Waals surface area contributed by atoms with E-state index in [0.29, 0.717) is 17.1 Å². The largest absolute Gasteiger partial charge is 0.321 e. The number of hydrogen-bond acceptors (Lipinski definition) is 6. The standard InChI is InChI=1S/C24H25FN8/c1-15-20(14-33(31-15)17-7-9-28-24(2,3)11-17)29-23-27-13-19(25)22(30-23)32-10-8-18-16(12-26)5-4-6-21(18)32/h4-6,8,10,13-14,17,28H,7,9,11H2,1-3H3,(H,27,29,30)/t17-/m1/s1. The first-order valence-corrected chi connectivity index (χ1v) is 11.0. The zero-order chi connectivity index (χ0) is 23.2. The quantitative estimate of drug-likeness (QED) is 0.485. The summed E-state index contributed by atoms with van der Waals surface area (Å²) in [7, 11) is 0. The smallest absolute Gasteiger partial charge is 0.229 e. The van der Waals surface area contributed by atoms with E-state index in [0.717, 1.165) is 42.4 Å². The minimum Gasteiger partial charge on any atom is -0.321 e. The number of aryl methyl sites for hydroxylation is 1. The monoisotopic (exact) mass is 444 g/mol. The highest BCUT2D eigenvalue weighted by Crippen LogP contribution is 2.30. The van der Waals surface area contributed by atoms with Crippen molar-refractivity contribution in [1.29, 1.82) is 5.26 Å². The number of fused-ring (bicyclic) bond motifs is 1. The van der Waals surface area contributed by atoms with Crippen molar-refractivity contribution in [3.05, 3.63) is 59.9 Å². The van der Waals surface area contributed by atoms with Gasteiger partial charge in [-0.05, 0) is 58.4 Å². The van der Waals surface area contributed by atoms with E-state index < -0.39 is 5.82 Å². The Morgan fingerprint density at radius 3 is 2.94 bits per heavy atom. The number of rotatable bonds is 4. The SMILES string of the molecule is Cc1nn([C@@H]2CCNC(C)(C)C2)cc1Nc1ncc(F)c(-n2ccc3c(C#N)cccc32)n1. The molecule has 0 amide bonds. The molecule has 33 heavy (non-hydrogen) atoms. The third kappa shape index (κ3) is 3.94. The van der Waals surface area contributed by atoms with Crippen LogP contribution >= 0.6 is 0 Å². The molecule has 4 heterocycles. The molecular formula is C24H25FN8. The van der Waals surface area contributed by atoms with E-state index in [4.69, 9.17) is 5.10 Å². The zero-order valence-corrected chi connectivity index (χ0v) is 18.8. The molecule has 0 spiro atoms. The minimum atomic E-state index is -0.551. The maximum Gasteiger partial charge on any atom is 0.229 e. The van der Waals surface area contributed by atoms with Crippen molar-refractivity contribution in [2.75, 3.05) is 11.9 Å². The highest BCUT2D eigenvalue weighted by atomic mass is 19.1. The van der Waals surface area contributed by atoms with Crippen molar-refractivity contribution in [1.82, 2.24) is 29.6 Å². The van der Waals surface area contributed by atoms with Crippen LogP contribution < -0.4 is 10.6 Å². The molecule has 0 aliphatic carbocycles. The highest BCUT2D eigenvalue weighted by molar-refractivity contribution is 5.87. The van der Waals surface area contributed by atoms with Gasteiger partial charge in [0.2, 0.25) is 5.95 Å². The van der Waals surface area contributed by atoms with Gasteiger partial charge in [0.1, 0.15) is 0 Å². The van der Waals surface area contributed by atoms with Crippen LogP contribution in [0.2, 0.25) is 0 Å². The number of anilines is 2. The predicted molar refractivity (Wildman–Crippen MR) is 124 cm³/mol. The molecule has 9 heteroatoms. The van der Waals surface area contributed by atoms with Gasteiger partial charge in [-0.3, -0.25) is 9.25 Å². The third-order valence-corrected chi connectivity index (χ3v) is 6.17. The Balaban J connectivity index is 1.46. The van der Waals surface area contributed by atoms with Crippen LogP contribution in [0.25, 0.3) is 16.7 Å². The summed E-state index contributed by atoms with van der Waals surface area (Å²) >= 11 is 0. The second kappa shape index (κ2) is 7.98. The van der Waals surface area contributed by atoms with Crippen LogP contribution in [0.5, 0.6) is 0 Å². The van der Waals surface area contributed by atoms with Crippen LogP contribution in [0.15, 0.2) is 42.9 Å². The van der Waals surface area contributed by atoms with Crippen LogP contribution in [-0.4, -0.2) is 36.4 Å². The van der Waals surface area contributed by atoms with E-state index in [1.807, 2.05) is 23.9 Å². The highest BCUT2D eigenvalue weighted by Gasteiger charge is 2.29. The maximum absolute atomic E-state index is 14.7. The lowest BCUT2D eigenvalue weighted by Gasteiger charge is -2.36. The Kier molecular flexibility index (Phi) is 5.10. The summed E-state index contributed by atoms with van der Waals surface area (Å²) in [6.45, 7) is 7.28. The van der Waals surface area contributed by atoms with Gasteiger partial charge in [-0.15, -0.1) is 0 Å². The van der Waals surface area contributed by atoms with E-state index in [2.05, 4.69) is 40.5 Å². The van der Waals surface area contributed by atoms with Gasteiger partial charge in [0.15, 0.2) is 11.6 Å². The molecular weight excluding hydrogens is 419 g/mol. The lowest BCUT2D eigenvalue weighted by molar-refractivity contribution is 0.221. The number of halogens is 1. The van der Waals surface area contributed by atoms with Gasteiger partial charge in [-0.25, -0.2) is 9.37 Å². The summed E-state index contributed by atoms with van der Waals surface area (Å²) in [5.74, 6) is -0.162. The molecule has 4 aromatic rings. The normalized spacial score (nSPS) is 17.7. The van der Waals surface area contributed by atoms with Crippen molar-refractivity contribution in [2.45, 2.75) is 45.2 Å². The van der Waals surface area contributed by atoms with Gasteiger partial charge < -0.3 is 10.6 Å². The Morgan fingerprint density at radius 2 is 2.15 bits per heavy atom. The molecule has 1 fully saturated rings. The summed E-state index contributed by atoms with van der Waals surface area (Å²) in [6.07, 6.45) is 6.82. The molecule has 8 nitrogen and oxygen atoms in total. The van der Waals surface area contributed by atoms with E-state index >= 15 is 0 Å². The number of nitriles is 1. The van der Waals surface area contributed by atoms with Gasteiger partial charge in [0, 0.05) is 23.3 Å². The van der Waals surface area contributed by atoms with E-state index in [-0.39, 0.29) is 17.3 Å². The molecule has 2 N–H and O–H groups in total. The van der Waals surface area contributed by atoms with Gasteiger partial charge in [0.05, 0.1) is 40.8 Å². The van der Waals surface area contributed by atoms with Crippen molar-refractivity contribution < 1.29 is 4.39 Å². The topological polar surface area (TPSA) is 96.4 Å². The summed E-state index contributed by atoms with van der Waals surface area (Å²) in [5.41, 5.74) is 2.91. The molecule has 1 atom stereocenters. The molecule has 0 saturated carbocycles. The van der Waals surface area contributed by atoms with Crippen molar-refractivity contribution >= 4 is 22.5 Å². The zero-order valence-electron chi connectivity index (χ0n) is 18.8. The maximum atomic E-state index is 14.7. The molecule has 5 rings (SSSR count). The van der Waals surface area contributed by atoms with Crippen molar-refractivity contribution in [2.24, 2.45) is 0 Å². The fourth-order valence-electron chi connectivity index (χ4n) is 4.52. The molecule has 1 saturated heterocycles. The molecule has 1 aliphatic heterocycles. The summed E-state index contributed by atoms with van der Waals surface area (Å²) in [4.78, 5) is 8.57. The first-order chi connectivity index (χ1) is 15.8. The average molecular weight is 445 g/mol. The molecule has 1 aliphatic rings. The second-order valence-electron chi connectivity index (χ2n) is 9.09. The summed E-state index contributed by atoms with van der Waals surface area (Å²) in [5, 5.41) is 21.5. The fraction of sp³-hybridized carbons (Fsp3) is 0.333. The molecule has 1 aromatic carbocycles. The lowest BCUT2D eigenvalue weighted by atomic mass is 9.89. The van der Waals surface area contributed by atoms with Crippen LogP contribution in [0.1, 0.15) is 44.0 Å². The van der Waals surface area contributed by atoms with Gasteiger partial charge >= 0.3 is 0 Å². The molecule has 3 aromatic heterocycles. The first-order valence-electron chi connectivity index (χ1n) is 11.0. The van der Waals surface area contributed by atoms with Crippen molar-refractivity contribution in [3.8, 4) is 11.9 Å². The number of aromatic nitrogens is 5. The van der Waals surface area contributed by atoms with E-state index in [1.54, 1.807) is 29.0 Å². The molecule has 0 radical (unpaired) electrons. The van der Waals surface area contributed by atoms with Crippen LogP contribution in [0.4, 0.5) is 16.0 Å². The Labute approximate surface area is 191 Å². The summed E-state index contributed by atoms with van der Waals surface area (Å²) < 4.78 is 18.4. The van der Waals surface area contributed by atoms with Gasteiger partial charge in [-0.1, -0.05) is 6.07 Å². The van der Waals surface area contributed by atoms with E-state index in [1.165, 1.54) is 0 Å². The van der Waals surface area contributed by atoms with Crippen LogP contribution in [-0.2, 0) is 0 Å². The van der Waals surface area contributed by atoms with Gasteiger partial charge in [-0.2, -0.15) is 15.3 Å². The third-order valence-electron chi connectivity index (χ3n) is 6.17. The fourth-order valence-corrected chi connectivity index (χ4v) is 4.52. The van der Waals surface area contributed by atoms with E-state index in [9.17, 15) is 9.65 Å². The van der Waals surface area contributed by atoms with Crippen molar-refractivity contribution in [3.63, 3.8) is 0 Å². The number of benzene rings is 1. The Morgan fingerprint density at radius 1 is 1.30 bits per heavy atom. The number of piperidine rings is 1. The van der Waals surface area contributed by atoms with Crippen LogP contribution in [0, 0.1) is 24.1 Å².